The molecule has 0 radical (unpaired) electrons. The molecule has 4 nitrogen and oxygen atoms in total. The fourth-order valence-electron chi connectivity index (χ4n) is 1.43. The summed E-state index contributed by atoms with van der Waals surface area (Å²) in [5.74, 6) is 0. The summed E-state index contributed by atoms with van der Waals surface area (Å²) in [6.07, 6.45) is 0.424. The molecule has 1 atom stereocenters. The molecule has 1 aromatic rings. The zero-order valence-corrected chi connectivity index (χ0v) is 10.7. The predicted octanol–water partition coefficient (Wildman–Crippen LogP) is 2.32. The van der Waals surface area contributed by atoms with E-state index in [2.05, 4.69) is 5.32 Å². The van der Waals surface area contributed by atoms with Crippen LogP contribution in [0, 0.1) is 0 Å². The number of alkyl carbamates (subject to hydrolysis) is 1. The second-order valence-electron chi connectivity index (χ2n) is 4.73. The third-order valence-corrected chi connectivity index (χ3v) is 2.13. The smallest absolute Gasteiger partial charge is 0.408 e. The van der Waals surface area contributed by atoms with Crippen molar-refractivity contribution in [2.45, 2.75) is 38.8 Å². The van der Waals surface area contributed by atoms with Gasteiger partial charge in [0.2, 0.25) is 0 Å². The van der Waals surface area contributed by atoms with Crippen LogP contribution in [0.3, 0.4) is 0 Å². The molecule has 0 aliphatic carbocycles. The number of nitrogens with one attached hydrogen (secondary N) is 1. The van der Waals surface area contributed by atoms with Gasteiger partial charge in [0.05, 0.1) is 6.04 Å². The normalized spacial score (nSPS) is 13.3. The molecule has 18 heavy (non-hydrogen) atoms. The molecule has 0 saturated carbocycles. The van der Waals surface area contributed by atoms with Gasteiger partial charge in [0.15, 0.2) is 0 Å². The molecule has 1 N–H and O–H groups in total. The van der Waals surface area contributed by atoms with Gasteiger partial charge in [0, 0.05) is 1.37 Å². The minimum atomic E-state index is -0.857. The van der Waals surface area contributed by atoms with E-state index in [0.717, 1.165) is 5.56 Å². The Kier molecular flexibility index (Phi) is 4.34. The highest BCUT2D eigenvalue weighted by molar-refractivity contribution is 5.73. The lowest BCUT2D eigenvalue weighted by Gasteiger charge is -2.21. The maximum atomic E-state index is 11.6. The first-order valence-electron chi connectivity index (χ1n) is 6.45. The van der Waals surface area contributed by atoms with E-state index in [0.29, 0.717) is 12.7 Å². The quantitative estimate of drug-likeness (QED) is 0.834. The summed E-state index contributed by atoms with van der Waals surface area (Å²) in [5, 5.41) is 2.49. The van der Waals surface area contributed by atoms with Crippen LogP contribution in [0.1, 0.15) is 27.7 Å². The van der Waals surface area contributed by atoms with E-state index in [1.807, 2.05) is 30.3 Å². The molecule has 0 aliphatic rings. The number of benzene rings is 1. The van der Waals surface area contributed by atoms with E-state index in [1.165, 1.54) is 0 Å². The lowest BCUT2D eigenvalue weighted by atomic mass is 10.1. The first-order valence-corrected chi connectivity index (χ1v) is 5.75. The van der Waals surface area contributed by atoms with Crippen LogP contribution in [0.4, 0.5) is 4.79 Å². The van der Waals surface area contributed by atoms with E-state index in [1.54, 1.807) is 13.8 Å². The van der Waals surface area contributed by atoms with Crippen LogP contribution >= 0.6 is 0 Å². The first-order chi connectivity index (χ1) is 8.96. The Bertz CT molecular complexity index is 420. The van der Waals surface area contributed by atoms with Crippen LogP contribution in [0.5, 0.6) is 0 Å². The lowest BCUT2D eigenvalue weighted by molar-refractivity contribution is -0.109. The minimum absolute atomic E-state index is 0.0368. The summed E-state index contributed by atoms with van der Waals surface area (Å²) in [7, 11) is 0. The van der Waals surface area contributed by atoms with E-state index < -0.39 is 17.7 Å². The van der Waals surface area contributed by atoms with Gasteiger partial charge in [-0.3, -0.25) is 0 Å². The van der Waals surface area contributed by atoms with Gasteiger partial charge in [-0.1, -0.05) is 30.3 Å². The molecule has 1 rings (SSSR count). The molecular formula is C14H19NO3. The van der Waals surface area contributed by atoms with Crippen molar-refractivity contribution in [1.82, 2.24) is 5.32 Å². The van der Waals surface area contributed by atoms with Crippen molar-refractivity contribution in [1.29, 1.82) is 0 Å². The summed E-state index contributed by atoms with van der Waals surface area (Å²) >= 11 is 0. The number of ether oxygens (including phenoxy) is 1. The van der Waals surface area contributed by atoms with Crippen molar-refractivity contribution in [3.8, 4) is 0 Å². The molecule has 0 spiro atoms. The third kappa shape index (κ3) is 5.48. The van der Waals surface area contributed by atoms with Gasteiger partial charge in [-0.25, -0.2) is 4.79 Å². The molecule has 0 bridgehead atoms. The van der Waals surface area contributed by atoms with Crippen molar-refractivity contribution in [3.05, 3.63) is 35.9 Å². The Morgan fingerprint density at radius 2 is 2.17 bits per heavy atom. The number of rotatable bonds is 4. The van der Waals surface area contributed by atoms with Crippen molar-refractivity contribution >= 4 is 12.4 Å². The number of aldehydes is 1. The van der Waals surface area contributed by atoms with Crippen LogP contribution in [0.15, 0.2) is 30.3 Å². The highest BCUT2D eigenvalue weighted by Gasteiger charge is 2.19. The zero-order chi connectivity index (χ0) is 14.3. The van der Waals surface area contributed by atoms with Crippen LogP contribution in [-0.2, 0) is 16.0 Å². The summed E-state index contributed by atoms with van der Waals surface area (Å²) < 4.78 is 12.3. The van der Waals surface area contributed by atoms with Gasteiger partial charge in [0.25, 0.3) is 0 Å². The Morgan fingerprint density at radius 1 is 1.50 bits per heavy atom. The van der Waals surface area contributed by atoms with Gasteiger partial charge in [-0.2, -0.15) is 0 Å². The van der Waals surface area contributed by atoms with Crippen LogP contribution < -0.4 is 5.32 Å². The molecular weight excluding hydrogens is 230 g/mol. The fraction of sp³-hybridized carbons (Fsp3) is 0.429. The standard InChI is InChI=1S/C14H19NO3/c1-14(2,3)18-13(17)15-12(10-16)9-11-7-5-4-6-8-11/h4-8,10,12H,9H2,1-3H3,(H,15,17)/i1D. The second-order valence-corrected chi connectivity index (χ2v) is 4.73. The van der Waals surface area contributed by atoms with E-state index >= 15 is 0 Å². The molecule has 1 amide bonds. The van der Waals surface area contributed by atoms with Gasteiger partial charge in [0.1, 0.15) is 11.9 Å². The SMILES string of the molecule is [2H]CC(C)(C)OC(=O)NC(C=O)Cc1ccccc1. The molecule has 0 fully saturated rings. The molecule has 1 aromatic carbocycles. The number of amides is 1. The second kappa shape index (κ2) is 6.19. The number of carbonyl (C=O) groups excluding carboxylic acids is 2. The Morgan fingerprint density at radius 3 is 2.72 bits per heavy atom. The van der Waals surface area contributed by atoms with Crippen molar-refractivity contribution in [3.63, 3.8) is 0 Å². The molecule has 0 heterocycles. The van der Waals surface area contributed by atoms with Gasteiger partial charge in [-0.15, -0.1) is 0 Å². The highest BCUT2D eigenvalue weighted by Crippen LogP contribution is 2.07. The molecule has 0 saturated heterocycles. The lowest BCUT2D eigenvalue weighted by Crippen LogP contribution is -2.41. The predicted molar refractivity (Wildman–Crippen MR) is 69.4 cm³/mol. The van der Waals surface area contributed by atoms with E-state index in [-0.39, 0.29) is 6.90 Å². The molecule has 0 aromatic heterocycles. The maximum Gasteiger partial charge on any atom is 0.408 e. The summed E-state index contributed by atoms with van der Waals surface area (Å²) in [5.41, 5.74) is 0.101. The van der Waals surface area contributed by atoms with E-state index in [4.69, 9.17) is 6.11 Å². The maximum absolute atomic E-state index is 11.6. The topological polar surface area (TPSA) is 55.4 Å². The van der Waals surface area contributed by atoms with Crippen molar-refractivity contribution < 1.29 is 15.7 Å². The average Bonchev–Trinajstić information content (AvgIpc) is 2.38. The zero-order valence-electron chi connectivity index (χ0n) is 11.7. The molecule has 1 unspecified atom stereocenters. The van der Waals surface area contributed by atoms with Crippen molar-refractivity contribution in [2.75, 3.05) is 0 Å². The number of hydrogen-bond donors (Lipinski definition) is 1. The molecule has 98 valence electrons. The largest absolute Gasteiger partial charge is 0.444 e. The van der Waals surface area contributed by atoms with E-state index in [9.17, 15) is 9.59 Å². The average molecular weight is 250 g/mol. The summed E-state index contributed by atoms with van der Waals surface area (Å²) in [6.45, 7) is 3.25. The fourth-order valence-corrected chi connectivity index (χ4v) is 1.43. The van der Waals surface area contributed by atoms with Crippen LogP contribution in [-0.4, -0.2) is 24.0 Å². The van der Waals surface area contributed by atoms with Gasteiger partial charge >= 0.3 is 6.09 Å². The number of hydrogen-bond acceptors (Lipinski definition) is 3. The Balaban J connectivity index is 2.53. The Labute approximate surface area is 109 Å². The van der Waals surface area contributed by atoms with Crippen LogP contribution in [0.25, 0.3) is 0 Å². The van der Waals surface area contributed by atoms with Gasteiger partial charge < -0.3 is 14.8 Å². The minimum Gasteiger partial charge on any atom is -0.444 e. The van der Waals surface area contributed by atoms with Crippen molar-refractivity contribution in [2.24, 2.45) is 0 Å². The summed E-state index contributed by atoms with van der Waals surface area (Å²) in [6, 6.07) is 8.78. The highest BCUT2D eigenvalue weighted by atomic mass is 16.6. The van der Waals surface area contributed by atoms with Crippen LogP contribution in [0.2, 0.25) is 0 Å². The first kappa shape index (κ1) is 12.6. The monoisotopic (exact) mass is 250 g/mol. The number of carbonyl (C=O) groups is 2. The molecule has 0 aliphatic heterocycles. The van der Waals surface area contributed by atoms with Gasteiger partial charge in [-0.05, 0) is 32.7 Å². The summed E-state index contributed by atoms with van der Waals surface area (Å²) in [4.78, 5) is 22.6. The molecule has 4 heteroatoms. The third-order valence-electron chi connectivity index (χ3n) is 2.13. The Hall–Kier alpha value is -1.84.